The molecule has 56 heavy (non-hydrogen) atoms. The van der Waals surface area contributed by atoms with Crippen LogP contribution < -0.4 is 9.47 Å². The number of aromatic nitrogens is 1. The van der Waals surface area contributed by atoms with E-state index in [2.05, 4.69) is 11.1 Å². The lowest BCUT2D eigenvalue weighted by molar-refractivity contribution is -0.160. The Labute approximate surface area is 323 Å². The molecule has 2 saturated heterocycles. The number of carbonyl (C=O) groups is 3. The van der Waals surface area contributed by atoms with Crippen LogP contribution in [0.2, 0.25) is 0 Å². The Kier molecular flexibility index (Phi) is 11.6. The fraction of sp³-hybridized carbons (Fsp3) is 0.513. The number of hydrogen-bond acceptors (Lipinski definition) is 8. The van der Waals surface area contributed by atoms with Gasteiger partial charge in [-0.3, -0.25) is 19.4 Å². The molecular weight excluding hydrogens is 767 g/mol. The Bertz CT molecular complexity index is 1970. The zero-order chi connectivity index (χ0) is 40.5. The molecule has 17 heteroatoms. The van der Waals surface area contributed by atoms with Crippen molar-refractivity contribution in [2.75, 3.05) is 19.6 Å². The fourth-order valence-corrected chi connectivity index (χ4v) is 9.00. The number of carbonyl (C=O) groups excluding carboxylic acids is 2. The number of carboxylic acids is 1. The number of thiophene rings is 1. The van der Waals surface area contributed by atoms with Gasteiger partial charge in [-0.05, 0) is 57.1 Å². The van der Waals surface area contributed by atoms with Crippen molar-refractivity contribution in [2.45, 2.75) is 100 Å². The lowest BCUT2D eigenvalue weighted by Crippen LogP contribution is -2.68. The Balaban J connectivity index is 1.33. The Morgan fingerprint density at radius 1 is 1.04 bits per heavy atom. The van der Waals surface area contributed by atoms with Crippen molar-refractivity contribution in [3.8, 4) is 17.6 Å². The van der Waals surface area contributed by atoms with Gasteiger partial charge in [0, 0.05) is 55.5 Å². The summed E-state index contributed by atoms with van der Waals surface area (Å²) in [7, 11) is 0. The predicted molar refractivity (Wildman–Crippen MR) is 190 cm³/mol. The third kappa shape index (κ3) is 8.03. The third-order valence-electron chi connectivity index (χ3n) is 11.1. The highest BCUT2D eigenvalue weighted by Crippen LogP contribution is 2.45. The van der Waals surface area contributed by atoms with E-state index in [1.165, 1.54) is 4.90 Å². The number of amides is 2. The van der Waals surface area contributed by atoms with E-state index >= 15 is 4.79 Å². The topological polar surface area (TPSA) is 133 Å². The number of ether oxygens (including phenoxy) is 2. The first-order chi connectivity index (χ1) is 26.5. The largest absolute Gasteiger partial charge is 0.490 e. The first kappa shape index (κ1) is 40.8. The van der Waals surface area contributed by atoms with Crippen LogP contribution in [0.4, 0.5) is 26.3 Å². The van der Waals surface area contributed by atoms with E-state index in [0.717, 1.165) is 28.7 Å². The second-order valence-corrected chi connectivity index (χ2v) is 15.4. The minimum absolute atomic E-state index is 0.00140. The summed E-state index contributed by atoms with van der Waals surface area (Å²) in [5.74, 6) is -2.96. The molecule has 1 N–H and O–H groups in total. The van der Waals surface area contributed by atoms with Crippen molar-refractivity contribution < 1.29 is 55.3 Å². The van der Waals surface area contributed by atoms with Crippen LogP contribution in [0.3, 0.4) is 0 Å². The molecule has 0 spiro atoms. The maximum atomic E-state index is 15.0. The first-order valence-corrected chi connectivity index (χ1v) is 19.3. The summed E-state index contributed by atoms with van der Waals surface area (Å²) in [6, 6.07) is 9.66. The van der Waals surface area contributed by atoms with Crippen molar-refractivity contribution in [2.24, 2.45) is 5.92 Å². The Morgan fingerprint density at radius 3 is 2.39 bits per heavy atom. The highest BCUT2D eigenvalue weighted by Gasteiger charge is 2.57. The molecular formula is C39H40F6N4O6S. The van der Waals surface area contributed by atoms with Gasteiger partial charge in [0.2, 0.25) is 5.60 Å². The van der Waals surface area contributed by atoms with Gasteiger partial charge in [-0.2, -0.15) is 31.6 Å². The number of rotatable bonds is 10. The third-order valence-corrected chi connectivity index (χ3v) is 12.1. The van der Waals surface area contributed by atoms with Crippen molar-refractivity contribution in [1.29, 1.82) is 5.26 Å². The average molecular weight is 807 g/mol. The van der Waals surface area contributed by atoms with Crippen LogP contribution >= 0.6 is 11.3 Å². The van der Waals surface area contributed by atoms with Crippen LogP contribution in [0.25, 0.3) is 0 Å². The monoisotopic (exact) mass is 806 g/mol. The molecule has 3 aliphatic rings. The number of nitriles is 1. The molecule has 1 saturated carbocycles. The highest BCUT2D eigenvalue weighted by molar-refractivity contribution is 7.10. The van der Waals surface area contributed by atoms with Crippen molar-refractivity contribution >= 4 is 29.1 Å². The van der Waals surface area contributed by atoms with Gasteiger partial charge in [-0.1, -0.05) is 31.5 Å². The molecule has 3 aromatic rings. The van der Waals surface area contributed by atoms with Crippen LogP contribution in [-0.2, 0) is 27.4 Å². The molecule has 3 fully saturated rings. The standard InChI is InChI=1S/C39H40F6N4O6S/c1-2-6-31-37(55-26-20-32(56-22-26)39(43,44)45,12-5-16-49(31)33(50)27-21-47-15-11-28(27)38(40,41)42)35(53)48-17-13-36(23-46,14-18-48)29-7-3-4-8-30(29)54-25-10-9-24(19-25)34(51)52/h3-4,7-8,11,15,20-22,24-25,31H,2,5-6,9-10,12-14,16-19H2,1H3,(H,51,52). The van der Waals surface area contributed by atoms with Crippen LogP contribution in [0.1, 0.15) is 91.1 Å². The number of hydrogen-bond donors (Lipinski definition) is 1. The summed E-state index contributed by atoms with van der Waals surface area (Å²) in [5.41, 5.74) is -4.50. The van der Waals surface area contributed by atoms with E-state index in [1.807, 2.05) is 0 Å². The summed E-state index contributed by atoms with van der Waals surface area (Å²) in [5, 5.41) is 21.2. The molecule has 1 aromatic carbocycles. The molecule has 6 rings (SSSR count). The maximum Gasteiger partial charge on any atom is 0.425 e. The number of likely N-dealkylation sites (tertiary alicyclic amines) is 2. The molecule has 0 radical (unpaired) electrons. The summed E-state index contributed by atoms with van der Waals surface area (Å²) < 4.78 is 96.1. The van der Waals surface area contributed by atoms with Gasteiger partial charge in [0.25, 0.3) is 11.8 Å². The summed E-state index contributed by atoms with van der Waals surface area (Å²) in [6.45, 7) is 1.70. The number of benzene rings is 1. The number of piperidine rings is 2. The summed E-state index contributed by atoms with van der Waals surface area (Å²) in [6.07, 6.45) is -6.26. The quantitative estimate of drug-likeness (QED) is 0.203. The molecule has 4 atom stereocenters. The summed E-state index contributed by atoms with van der Waals surface area (Å²) in [4.78, 5) is 46.0. The molecule has 0 bridgehead atoms. The van der Waals surface area contributed by atoms with Gasteiger partial charge in [0.15, 0.2) is 0 Å². The van der Waals surface area contributed by atoms with Crippen LogP contribution in [0.15, 0.2) is 54.2 Å². The number of para-hydroxylation sites is 1. The van der Waals surface area contributed by atoms with Gasteiger partial charge in [-0.15, -0.1) is 11.3 Å². The normalized spacial score (nSPS) is 24.0. The zero-order valence-electron chi connectivity index (χ0n) is 30.4. The summed E-state index contributed by atoms with van der Waals surface area (Å²) >= 11 is 0.363. The lowest BCUT2D eigenvalue weighted by Gasteiger charge is -2.51. The fourth-order valence-electron chi connectivity index (χ4n) is 8.32. The van der Waals surface area contributed by atoms with E-state index < -0.39 is 69.1 Å². The minimum Gasteiger partial charge on any atom is -0.490 e. The van der Waals surface area contributed by atoms with Crippen molar-refractivity contribution in [1.82, 2.24) is 14.8 Å². The smallest absolute Gasteiger partial charge is 0.425 e. The van der Waals surface area contributed by atoms with Crippen molar-refractivity contribution in [3.05, 3.63) is 75.7 Å². The maximum absolute atomic E-state index is 15.0. The highest BCUT2D eigenvalue weighted by atomic mass is 32.1. The molecule has 2 aromatic heterocycles. The van der Waals surface area contributed by atoms with Gasteiger partial charge in [0.1, 0.15) is 16.4 Å². The molecule has 300 valence electrons. The molecule has 2 amide bonds. The zero-order valence-corrected chi connectivity index (χ0v) is 31.2. The van der Waals surface area contributed by atoms with Gasteiger partial charge in [0.05, 0.1) is 40.7 Å². The predicted octanol–water partition coefficient (Wildman–Crippen LogP) is 8.12. The van der Waals surface area contributed by atoms with E-state index in [-0.39, 0.29) is 63.6 Å². The van der Waals surface area contributed by atoms with Crippen molar-refractivity contribution in [3.63, 3.8) is 0 Å². The molecule has 4 unspecified atom stereocenters. The molecule has 2 aliphatic heterocycles. The number of nitrogens with zero attached hydrogens (tertiary/aromatic N) is 4. The van der Waals surface area contributed by atoms with Crippen LogP contribution in [-0.4, -0.2) is 75.1 Å². The van der Waals surface area contributed by atoms with Gasteiger partial charge < -0.3 is 24.4 Å². The number of pyridine rings is 1. The second-order valence-electron chi connectivity index (χ2n) is 14.5. The lowest BCUT2D eigenvalue weighted by atomic mass is 9.72. The first-order valence-electron chi connectivity index (χ1n) is 18.4. The Morgan fingerprint density at radius 2 is 1.77 bits per heavy atom. The van der Waals surface area contributed by atoms with Gasteiger partial charge in [-0.25, -0.2) is 0 Å². The molecule has 10 nitrogen and oxygen atoms in total. The SMILES string of the molecule is CCCC1N(C(=O)c2cnccc2C(F)(F)F)CCCC1(Oc1csc(C(F)(F)F)c1)C(=O)N1CCC(C#N)(c2ccccc2OC2CCC(C(=O)O)C2)CC1. The van der Waals surface area contributed by atoms with E-state index in [0.29, 0.717) is 54.4 Å². The van der Waals surface area contributed by atoms with Crippen LogP contribution in [0, 0.1) is 17.2 Å². The Hall–Kier alpha value is -4.85. The minimum atomic E-state index is -4.90. The van der Waals surface area contributed by atoms with E-state index in [1.54, 1.807) is 31.2 Å². The second kappa shape index (κ2) is 16.0. The molecule has 4 heterocycles. The average Bonchev–Trinajstić information content (AvgIpc) is 3.85. The number of alkyl halides is 6. The number of aliphatic carboxylic acids is 1. The van der Waals surface area contributed by atoms with E-state index in [4.69, 9.17) is 9.47 Å². The van der Waals surface area contributed by atoms with Crippen LogP contribution in [0.5, 0.6) is 11.5 Å². The van der Waals surface area contributed by atoms with E-state index in [9.17, 15) is 46.3 Å². The molecule has 1 aliphatic carbocycles. The van der Waals surface area contributed by atoms with Gasteiger partial charge >= 0.3 is 18.3 Å². The number of halogens is 6. The number of carboxylic acid groups (broad SMARTS) is 1.